The van der Waals surface area contributed by atoms with E-state index in [1.165, 1.54) is 12.3 Å². The van der Waals surface area contributed by atoms with E-state index in [1.54, 1.807) is 18.2 Å². The first-order chi connectivity index (χ1) is 7.16. The lowest BCUT2D eigenvalue weighted by Crippen LogP contribution is -1.84. The molecule has 0 aliphatic carbocycles. The molecule has 76 valence electrons. The highest BCUT2D eigenvalue weighted by molar-refractivity contribution is 5.69. The summed E-state index contributed by atoms with van der Waals surface area (Å²) < 4.78 is 12.9. The predicted octanol–water partition coefficient (Wildman–Crippen LogP) is 2.90. The van der Waals surface area contributed by atoms with Gasteiger partial charge in [0.1, 0.15) is 11.6 Å². The van der Waals surface area contributed by atoms with Crippen LogP contribution in [0, 0.1) is 12.7 Å². The first-order valence-electron chi connectivity index (χ1n) is 4.57. The summed E-state index contributed by atoms with van der Waals surface area (Å²) in [6.07, 6.45) is 2.66. The monoisotopic (exact) mass is 203 g/mol. The van der Waals surface area contributed by atoms with Crippen LogP contribution in [0.5, 0.6) is 5.75 Å². The van der Waals surface area contributed by atoms with Gasteiger partial charge in [0.15, 0.2) is 0 Å². The number of hydrogen-bond acceptors (Lipinski definition) is 2. The van der Waals surface area contributed by atoms with Crippen LogP contribution in [0.15, 0.2) is 36.7 Å². The van der Waals surface area contributed by atoms with Crippen molar-refractivity contribution >= 4 is 0 Å². The molecule has 2 aromatic rings. The third-order valence-electron chi connectivity index (χ3n) is 2.17. The fourth-order valence-electron chi connectivity index (χ4n) is 1.44. The van der Waals surface area contributed by atoms with Crippen LogP contribution in [-0.2, 0) is 0 Å². The SMILES string of the molecule is Cc1ccc(O)c(-c2cncc(F)c2)c1. The predicted molar refractivity (Wildman–Crippen MR) is 56.0 cm³/mol. The Kier molecular flexibility index (Phi) is 2.37. The molecule has 0 atom stereocenters. The number of aromatic nitrogens is 1. The lowest BCUT2D eigenvalue weighted by atomic mass is 10.0. The third kappa shape index (κ3) is 1.96. The Morgan fingerprint density at radius 3 is 2.73 bits per heavy atom. The van der Waals surface area contributed by atoms with E-state index in [0.29, 0.717) is 11.1 Å². The molecule has 2 rings (SSSR count). The average molecular weight is 203 g/mol. The minimum absolute atomic E-state index is 0.132. The first-order valence-corrected chi connectivity index (χ1v) is 4.57. The van der Waals surface area contributed by atoms with Crippen molar-refractivity contribution in [2.75, 3.05) is 0 Å². The van der Waals surface area contributed by atoms with Crippen LogP contribution in [-0.4, -0.2) is 10.1 Å². The number of aryl methyl sites for hydroxylation is 1. The van der Waals surface area contributed by atoms with Gasteiger partial charge in [-0.25, -0.2) is 4.39 Å². The summed E-state index contributed by atoms with van der Waals surface area (Å²) in [4.78, 5) is 3.75. The van der Waals surface area contributed by atoms with Gasteiger partial charge in [-0.2, -0.15) is 0 Å². The fraction of sp³-hybridized carbons (Fsp3) is 0.0833. The molecule has 1 heterocycles. The van der Waals surface area contributed by atoms with Gasteiger partial charge in [-0.1, -0.05) is 11.6 Å². The normalized spacial score (nSPS) is 10.3. The van der Waals surface area contributed by atoms with Crippen molar-refractivity contribution in [1.29, 1.82) is 0 Å². The summed E-state index contributed by atoms with van der Waals surface area (Å²) in [7, 11) is 0. The first kappa shape index (κ1) is 9.65. The molecule has 0 aliphatic rings. The van der Waals surface area contributed by atoms with Gasteiger partial charge < -0.3 is 5.11 Å². The fourth-order valence-corrected chi connectivity index (χ4v) is 1.44. The van der Waals surface area contributed by atoms with Crippen LogP contribution in [0.2, 0.25) is 0 Å². The zero-order chi connectivity index (χ0) is 10.8. The lowest BCUT2D eigenvalue weighted by molar-refractivity contribution is 0.477. The summed E-state index contributed by atoms with van der Waals surface area (Å²) in [5.41, 5.74) is 2.19. The quantitative estimate of drug-likeness (QED) is 0.773. The molecule has 2 nitrogen and oxygen atoms in total. The number of benzene rings is 1. The Bertz CT molecular complexity index is 497. The van der Waals surface area contributed by atoms with E-state index in [2.05, 4.69) is 4.98 Å². The molecular weight excluding hydrogens is 193 g/mol. The number of halogens is 1. The molecule has 0 bridgehead atoms. The molecule has 0 fully saturated rings. The highest BCUT2D eigenvalue weighted by atomic mass is 19.1. The van der Waals surface area contributed by atoms with E-state index in [9.17, 15) is 9.50 Å². The number of phenols is 1. The highest BCUT2D eigenvalue weighted by Crippen LogP contribution is 2.29. The second-order valence-electron chi connectivity index (χ2n) is 3.41. The van der Waals surface area contributed by atoms with Crippen LogP contribution < -0.4 is 0 Å². The lowest BCUT2D eigenvalue weighted by Gasteiger charge is -2.05. The van der Waals surface area contributed by atoms with Crippen LogP contribution in [0.1, 0.15) is 5.56 Å². The minimum Gasteiger partial charge on any atom is -0.507 e. The van der Waals surface area contributed by atoms with Gasteiger partial charge in [0.05, 0.1) is 6.20 Å². The molecule has 0 aliphatic heterocycles. The summed E-state index contributed by atoms with van der Waals surface area (Å²) in [5, 5.41) is 9.63. The number of pyridine rings is 1. The smallest absolute Gasteiger partial charge is 0.142 e. The van der Waals surface area contributed by atoms with Gasteiger partial charge >= 0.3 is 0 Å². The minimum atomic E-state index is -0.409. The molecule has 3 heteroatoms. The van der Waals surface area contributed by atoms with Gasteiger partial charge in [-0.15, -0.1) is 0 Å². The summed E-state index contributed by atoms with van der Waals surface area (Å²) in [6, 6.07) is 6.54. The topological polar surface area (TPSA) is 33.1 Å². The zero-order valence-corrected chi connectivity index (χ0v) is 8.24. The molecule has 1 N–H and O–H groups in total. The number of aromatic hydroxyl groups is 1. The van der Waals surface area contributed by atoms with Crippen molar-refractivity contribution in [3.05, 3.63) is 48.0 Å². The number of hydrogen-bond donors (Lipinski definition) is 1. The van der Waals surface area contributed by atoms with E-state index in [-0.39, 0.29) is 5.75 Å². The van der Waals surface area contributed by atoms with Crippen molar-refractivity contribution in [3.63, 3.8) is 0 Å². The molecule has 0 saturated heterocycles. The van der Waals surface area contributed by atoms with Crippen LogP contribution >= 0.6 is 0 Å². The highest BCUT2D eigenvalue weighted by Gasteiger charge is 2.05. The number of phenolic OH excluding ortho intramolecular Hbond substituents is 1. The van der Waals surface area contributed by atoms with Crippen molar-refractivity contribution in [2.45, 2.75) is 6.92 Å². The van der Waals surface area contributed by atoms with E-state index in [1.807, 2.05) is 6.92 Å². The molecule has 0 saturated carbocycles. The average Bonchev–Trinajstić information content (AvgIpc) is 2.22. The Morgan fingerprint density at radius 1 is 1.20 bits per heavy atom. The molecule has 0 radical (unpaired) electrons. The van der Waals surface area contributed by atoms with Crippen molar-refractivity contribution in [3.8, 4) is 16.9 Å². The summed E-state index contributed by atoms with van der Waals surface area (Å²) in [5.74, 6) is -0.276. The second-order valence-corrected chi connectivity index (χ2v) is 3.41. The molecule has 15 heavy (non-hydrogen) atoms. The van der Waals surface area contributed by atoms with Crippen molar-refractivity contribution in [2.24, 2.45) is 0 Å². The zero-order valence-electron chi connectivity index (χ0n) is 8.24. The third-order valence-corrected chi connectivity index (χ3v) is 2.17. The van der Waals surface area contributed by atoms with Crippen LogP contribution in [0.4, 0.5) is 4.39 Å². The van der Waals surface area contributed by atoms with E-state index in [0.717, 1.165) is 11.8 Å². The van der Waals surface area contributed by atoms with Gasteiger partial charge in [-0.05, 0) is 25.1 Å². The second kappa shape index (κ2) is 3.69. The number of rotatable bonds is 1. The summed E-state index contributed by atoms with van der Waals surface area (Å²) >= 11 is 0. The molecule has 1 aromatic carbocycles. The number of nitrogens with zero attached hydrogens (tertiary/aromatic N) is 1. The van der Waals surface area contributed by atoms with Gasteiger partial charge in [-0.3, -0.25) is 4.98 Å². The molecule has 0 spiro atoms. The van der Waals surface area contributed by atoms with Crippen molar-refractivity contribution in [1.82, 2.24) is 4.98 Å². The maximum Gasteiger partial charge on any atom is 0.142 e. The summed E-state index contributed by atoms with van der Waals surface area (Å²) in [6.45, 7) is 1.91. The largest absolute Gasteiger partial charge is 0.507 e. The molecule has 0 amide bonds. The molecule has 0 unspecified atom stereocenters. The van der Waals surface area contributed by atoms with E-state index < -0.39 is 5.82 Å². The van der Waals surface area contributed by atoms with Crippen molar-refractivity contribution < 1.29 is 9.50 Å². The Balaban J connectivity index is 2.58. The van der Waals surface area contributed by atoms with Gasteiger partial charge in [0, 0.05) is 17.3 Å². The standard InChI is InChI=1S/C12H10FNO/c1-8-2-3-12(15)11(4-8)9-5-10(13)7-14-6-9/h2-7,15H,1H3. The van der Waals surface area contributed by atoms with E-state index >= 15 is 0 Å². The maximum absolute atomic E-state index is 12.9. The Morgan fingerprint density at radius 2 is 2.00 bits per heavy atom. The van der Waals surface area contributed by atoms with E-state index in [4.69, 9.17) is 0 Å². The van der Waals surface area contributed by atoms with Crippen LogP contribution in [0.25, 0.3) is 11.1 Å². The maximum atomic E-state index is 12.9. The molecular formula is C12H10FNO. The Labute approximate surface area is 87.0 Å². The van der Waals surface area contributed by atoms with Gasteiger partial charge in [0.25, 0.3) is 0 Å². The Hall–Kier alpha value is -1.90. The van der Waals surface area contributed by atoms with Crippen LogP contribution in [0.3, 0.4) is 0 Å². The molecule has 1 aromatic heterocycles. The van der Waals surface area contributed by atoms with Gasteiger partial charge in [0.2, 0.25) is 0 Å².